The van der Waals surface area contributed by atoms with Gasteiger partial charge in [-0.3, -0.25) is 5.43 Å². The molecule has 0 fully saturated rings. The Morgan fingerprint density at radius 1 is 0.821 bits per heavy atom. The smallest absolute Gasteiger partial charge is 0.422 e. The van der Waals surface area contributed by atoms with Crippen LogP contribution in [0.4, 0.5) is 36.4 Å². The van der Waals surface area contributed by atoms with Crippen molar-refractivity contribution >= 4 is 11.9 Å². The third-order valence-electron chi connectivity index (χ3n) is 3.60. The van der Waals surface area contributed by atoms with Crippen LogP contribution >= 0.6 is 0 Å². The Labute approximate surface area is 153 Å². The summed E-state index contributed by atoms with van der Waals surface area (Å²) in [4.78, 5) is 0. The van der Waals surface area contributed by atoms with E-state index in [-0.39, 0.29) is 5.76 Å². The van der Waals surface area contributed by atoms with E-state index in [0.29, 0.717) is 5.76 Å². The number of benzene rings is 2. The Balaban J connectivity index is 1.85. The highest BCUT2D eigenvalue weighted by molar-refractivity contribution is 5.78. The number of hydrogen-bond acceptors (Lipinski definition) is 3. The number of hydrazone groups is 1. The lowest BCUT2D eigenvalue weighted by Crippen LogP contribution is -2.16. The molecule has 3 aromatic rings. The molecular weight excluding hydrogens is 393 g/mol. The van der Waals surface area contributed by atoms with Crippen molar-refractivity contribution < 1.29 is 35.2 Å². The quantitative estimate of drug-likeness (QED) is 0.253. The first kappa shape index (κ1) is 19.5. The Morgan fingerprint density at radius 3 is 2.00 bits per heavy atom. The van der Waals surface area contributed by atoms with Crippen LogP contribution in [0.1, 0.15) is 11.3 Å². The fourth-order valence-electron chi connectivity index (χ4n) is 2.32. The third-order valence-corrected chi connectivity index (χ3v) is 3.60. The molecule has 0 bridgehead atoms. The predicted octanol–water partition coefficient (Wildman–Crippen LogP) is 5.97. The molecule has 0 amide bonds. The Hall–Kier alpha value is -3.30. The molecule has 0 radical (unpaired) electrons. The Morgan fingerprint density at radius 2 is 1.43 bits per heavy atom. The van der Waals surface area contributed by atoms with E-state index in [4.69, 9.17) is 4.42 Å². The summed E-state index contributed by atoms with van der Waals surface area (Å²) in [6.45, 7) is 0. The van der Waals surface area contributed by atoms with Crippen molar-refractivity contribution in [2.75, 3.05) is 5.43 Å². The van der Waals surface area contributed by atoms with Crippen molar-refractivity contribution in [2.45, 2.75) is 6.18 Å². The van der Waals surface area contributed by atoms with Gasteiger partial charge in [0.1, 0.15) is 22.8 Å². The number of nitrogens with one attached hydrogen (secondary N) is 1. The second-order valence-corrected chi connectivity index (χ2v) is 5.44. The minimum Gasteiger partial charge on any atom is -0.455 e. The van der Waals surface area contributed by atoms with Gasteiger partial charge >= 0.3 is 6.18 Å². The molecule has 3 nitrogen and oxygen atoms in total. The van der Waals surface area contributed by atoms with Crippen LogP contribution < -0.4 is 5.43 Å². The minimum absolute atomic E-state index is 0.111. The largest absolute Gasteiger partial charge is 0.455 e. The van der Waals surface area contributed by atoms with Crippen LogP contribution in [0.5, 0.6) is 0 Å². The molecule has 10 heteroatoms. The van der Waals surface area contributed by atoms with E-state index in [1.54, 1.807) is 41.8 Å². The van der Waals surface area contributed by atoms with Gasteiger partial charge in [0.05, 0.1) is 6.21 Å². The first-order chi connectivity index (χ1) is 13.2. The molecule has 0 saturated carbocycles. The topological polar surface area (TPSA) is 37.5 Å². The van der Waals surface area contributed by atoms with Gasteiger partial charge in [0.25, 0.3) is 0 Å². The van der Waals surface area contributed by atoms with Crippen LogP contribution in [-0.4, -0.2) is 6.21 Å². The molecule has 0 aliphatic carbocycles. The number of alkyl halides is 3. The summed E-state index contributed by atoms with van der Waals surface area (Å²) in [5.41, 5.74) is -1.78. The van der Waals surface area contributed by atoms with E-state index >= 15 is 0 Å². The molecule has 1 heterocycles. The fourth-order valence-corrected chi connectivity index (χ4v) is 2.32. The zero-order valence-electron chi connectivity index (χ0n) is 13.6. The molecule has 0 aliphatic rings. The van der Waals surface area contributed by atoms with Gasteiger partial charge < -0.3 is 4.42 Å². The van der Waals surface area contributed by atoms with Crippen molar-refractivity contribution in [2.24, 2.45) is 5.10 Å². The van der Waals surface area contributed by atoms with Crippen molar-refractivity contribution in [1.29, 1.82) is 0 Å². The molecule has 3 rings (SSSR count). The molecule has 0 aliphatic heterocycles. The monoisotopic (exact) mass is 402 g/mol. The van der Waals surface area contributed by atoms with Crippen molar-refractivity contribution in [3.05, 3.63) is 77.1 Å². The van der Waals surface area contributed by atoms with Crippen LogP contribution in [0.3, 0.4) is 0 Å². The highest BCUT2D eigenvalue weighted by Gasteiger charge is 2.42. The van der Waals surface area contributed by atoms with Gasteiger partial charge in [-0.2, -0.15) is 18.3 Å². The molecular formula is C18H9F7N2O. The maximum Gasteiger partial charge on any atom is 0.422 e. The summed E-state index contributed by atoms with van der Waals surface area (Å²) in [6, 6.07) is 11.9. The van der Waals surface area contributed by atoms with Gasteiger partial charge in [-0.1, -0.05) is 30.3 Å². The van der Waals surface area contributed by atoms with Crippen LogP contribution in [0.15, 0.2) is 52.0 Å². The molecule has 0 atom stereocenters. The van der Waals surface area contributed by atoms with E-state index in [1.807, 2.05) is 0 Å². The number of furan rings is 1. The molecule has 0 spiro atoms. The summed E-state index contributed by atoms with van der Waals surface area (Å²) >= 11 is 0. The molecule has 146 valence electrons. The van der Waals surface area contributed by atoms with Gasteiger partial charge in [0, 0.05) is 5.56 Å². The normalized spacial score (nSPS) is 12.0. The Kier molecular flexibility index (Phi) is 5.12. The van der Waals surface area contributed by atoms with Gasteiger partial charge in [0.15, 0.2) is 23.3 Å². The van der Waals surface area contributed by atoms with Gasteiger partial charge in [0.2, 0.25) is 0 Å². The lowest BCUT2D eigenvalue weighted by Gasteiger charge is -2.13. The SMILES string of the molecule is Fc1c(F)c(C(F)(F)F)c(F)c(F)c1NN=Cc1ccc(-c2ccccc2)o1. The summed E-state index contributed by atoms with van der Waals surface area (Å²) in [6.07, 6.45) is -4.68. The maximum atomic E-state index is 13.7. The summed E-state index contributed by atoms with van der Waals surface area (Å²) < 4.78 is 97.6. The van der Waals surface area contributed by atoms with Crippen LogP contribution in [0.25, 0.3) is 11.3 Å². The van der Waals surface area contributed by atoms with Gasteiger partial charge in [-0.05, 0) is 12.1 Å². The molecule has 0 unspecified atom stereocenters. The molecule has 1 N–H and O–H groups in total. The lowest BCUT2D eigenvalue weighted by atomic mass is 10.1. The average molecular weight is 402 g/mol. The number of halogens is 7. The van der Waals surface area contributed by atoms with Crippen molar-refractivity contribution in [3.63, 3.8) is 0 Å². The Bertz CT molecular complexity index is 997. The lowest BCUT2D eigenvalue weighted by molar-refractivity contribution is -0.143. The maximum absolute atomic E-state index is 13.7. The van der Waals surface area contributed by atoms with E-state index in [0.717, 1.165) is 11.8 Å². The van der Waals surface area contributed by atoms with E-state index in [1.165, 1.54) is 6.07 Å². The third kappa shape index (κ3) is 3.71. The van der Waals surface area contributed by atoms with Crippen LogP contribution in [0.2, 0.25) is 0 Å². The first-order valence-electron chi connectivity index (χ1n) is 7.57. The molecule has 28 heavy (non-hydrogen) atoms. The first-order valence-corrected chi connectivity index (χ1v) is 7.57. The van der Waals surface area contributed by atoms with E-state index < -0.39 is 40.7 Å². The fraction of sp³-hybridized carbons (Fsp3) is 0.0556. The highest BCUT2D eigenvalue weighted by atomic mass is 19.4. The second kappa shape index (κ2) is 7.37. The highest BCUT2D eigenvalue weighted by Crippen LogP contribution is 2.38. The molecule has 2 aromatic carbocycles. The molecule has 0 saturated heterocycles. The number of nitrogens with zero attached hydrogens (tertiary/aromatic N) is 1. The van der Waals surface area contributed by atoms with E-state index in [2.05, 4.69) is 5.10 Å². The van der Waals surface area contributed by atoms with Gasteiger partial charge in [-0.25, -0.2) is 17.6 Å². The number of anilines is 1. The van der Waals surface area contributed by atoms with Crippen LogP contribution in [0, 0.1) is 23.3 Å². The summed E-state index contributed by atoms with van der Waals surface area (Å²) in [7, 11) is 0. The standard InChI is InChI=1S/C18H9F7N2O/c19-13-12(18(23,24)25)14(20)16(22)17(15(13)21)27-26-8-10-6-7-11(28-10)9-4-2-1-3-5-9/h1-8,27H. The summed E-state index contributed by atoms with van der Waals surface area (Å²) in [5, 5.41) is 3.35. The zero-order valence-corrected chi connectivity index (χ0v) is 13.6. The minimum atomic E-state index is -5.61. The second-order valence-electron chi connectivity index (χ2n) is 5.44. The predicted molar refractivity (Wildman–Crippen MR) is 86.6 cm³/mol. The van der Waals surface area contributed by atoms with Crippen molar-refractivity contribution in [3.8, 4) is 11.3 Å². The molecule has 1 aromatic heterocycles. The van der Waals surface area contributed by atoms with Gasteiger partial charge in [-0.15, -0.1) is 0 Å². The van der Waals surface area contributed by atoms with E-state index in [9.17, 15) is 30.7 Å². The number of hydrogen-bond donors (Lipinski definition) is 1. The summed E-state index contributed by atoms with van der Waals surface area (Å²) in [5.74, 6) is -9.10. The average Bonchev–Trinajstić information content (AvgIpc) is 3.11. The zero-order chi connectivity index (χ0) is 20.5. The van der Waals surface area contributed by atoms with Crippen LogP contribution in [-0.2, 0) is 6.18 Å². The number of rotatable bonds is 4. The van der Waals surface area contributed by atoms with Crippen molar-refractivity contribution in [1.82, 2.24) is 0 Å².